The Bertz CT molecular complexity index is 1490. The molecular weight excluding hydrogens is 484 g/mol. The van der Waals surface area contributed by atoms with Gasteiger partial charge in [0.25, 0.3) is 16.8 Å². The lowest BCUT2D eigenvalue weighted by atomic mass is 10.0. The Balaban J connectivity index is 1.31. The smallest absolute Gasteiger partial charge is 0.257 e. The van der Waals surface area contributed by atoms with Gasteiger partial charge in [-0.15, -0.1) is 0 Å². The van der Waals surface area contributed by atoms with E-state index in [0.717, 1.165) is 5.56 Å². The standard InChI is InChI=1S/C28H28N6O4/c1-2-20(18-8-4-3-5-9-18)31-22-23(26(37)25(22)36)32-21-11-6-10-19(24(21)35)27(38)33-14-16-34(17-15-33)28-29-12-7-13-30-28/h3-13,20,31-32,35H,2,14-17H2,1H3. The van der Waals surface area contributed by atoms with E-state index < -0.39 is 10.9 Å². The van der Waals surface area contributed by atoms with Crippen LogP contribution in [0.2, 0.25) is 0 Å². The molecule has 1 saturated heterocycles. The minimum Gasteiger partial charge on any atom is -0.505 e. The van der Waals surface area contributed by atoms with Gasteiger partial charge in [-0.1, -0.05) is 43.3 Å². The van der Waals surface area contributed by atoms with E-state index in [4.69, 9.17) is 0 Å². The number of hydrogen-bond acceptors (Lipinski definition) is 9. The summed E-state index contributed by atoms with van der Waals surface area (Å²) < 4.78 is 0. The number of benzene rings is 2. The number of piperazine rings is 1. The highest BCUT2D eigenvalue weighted by Crippen LogP contribution is 2.33. The van der Waals surface area contributed by atoms with Gasteiger partial charge in [0.2, 0.25) is 5.95 Å². The van der Waals surface area contributed by atoms with E-state index >= 15 is 0 Å². The summed E-state index contributed by atoms with van der Waals surface area (Å²) in [6.07, 6.45) is 4.05. The highest BCUT2D eigenvalue weighted by Gasteiger charge is 2.28. The topological polar surface area (TPSA) is 128 Å². The second-order valence-electron chi connectivity index (χ2n) is 9.08. The fourth-order valence-corrected chi connectivity index (χ4v) is 4.62. The van der Waals surface area contributed by atoms with Gasteiger partial charge in [0.05, 0.1) is 17.3 Å². The third kappa shape index (κ3) is 4.80. The van der Waals surface area contributed by atoms with Crippen molar-refractivity contribution < 1.29 is 9.90 Å². The largest absolute Gasteiger partial charge is 0.505 e. The number of nitrogens with one attached hydrogen (secondary N) is 2. The molecule has 0 aliphatic carbocycles. The number of hydrogen-bond donors (Lipinski definition) is 3. The number of amides is 1. The van der Waals surface area contributed by atoms with E-state index in [1.165, 1.54) is 0 Å². The Morgan fingerprint density at radius 3 is 2.29 bits per heavy atom. The Morgan fingerprint density at radius 2 is 1.61 bits per heavy atom. The van der Waals surface area contributed by atoms with Crippen LogP contribution in [0.25, 0.3) is 0 Å². The molecular formula is C28H28N6O4. The van der Waals surface area contributed by atoms with Crippen LogP contribution < -0.4 is 26.4 Å². The molecule has 1 fully saturated rings. The van der Waals surface area contributed by atoms with Crippen LogP contribution >= 0.6 is 0 Å². The van der Waals surface area contributed by atoms with E-state index in [1.54, 1.807) is 41.6 Å². The summed E-state index contributed by atoms with van der Waals surface area (Å²) in [5, 5.41) is 17.0. The third-order valence-corrected chi connectivity index (χ3v) is 6.77. The lowest BCUT2D eigenvalue weighted by Gasteiger charge is -2.34. The molecule has 10 heteroatoms. The molecule has 194 valence electrons. The number of carbonyl (C=O) groups excluding carboxylic acids is 1. The zero-order valence-corrected chi connectivity index (χ0v) is 20.9. The third-order valence-electron chi connectivity index (χ3n) is 6.77. The minimum absolute atomic E-state index is 0.0701. The van der Waals surface area contributed by atoms with Crippen LogP contribution in [0.5, 0.6) is 5.75 Å². The summed E-state index contributed by atoms with van der Waals surface area (Å²) in [6, 6.07) is 16.0. The summed E-state index contributed by atoms with van der Waals surface area (Å²) in [7, 11) is 0. The molecule has 0 radical (unpaired) electrons. The molecule has 38 heavy (non-hydrogen) atoms. The maximum absolute atomic E-state index is 13.3. The second kappa shape index (κ2) is 10.7. The average Bonchev–Trinajstić information content (AvgIpc) is 2.98. The quantitative estimate of drug-likeness (QED) is 0.241. The first-order valence-corrected chi connectivity index (χ1v) is 12.5. The zero-order chi connectivity index (χ0) is 26.6. The summed E-state index contributed by atoms with van der Waals surface area (Å²) in [5.74, 6) is 0.0160. The normalized spacial score (nSPS) is 14.3. The van der Waals surface area contributed by atoms with Crippen LogP contribution in [0.1, 0.15) is 35.3 Å². The van der Waals surface area contributed by atoms with Crippen molar-refractivity contribution in [3.05, 3.63) is 98.6 Å². The van der Waals surface area contributed by atoms with Crippen molar-refractivity contribution in [3.63, 3.8) is 0 Å². The Labute approximate surface area is 219 Å². The number of phenolic OH excluding ortho intramolecular Hbond substituents is 1. The number of nitrogens with zero attached hydrogens (tertiary/aromatic N) is 4. The highest BCUT2D eigenvalue weighted by molar-refractivity contribution is 5.99. The number of anilines is 4. The molecule has 1 unspecified atom stereocenters. The van der Waals surface area contributed by atoms with Crippen LogP contribution in [0.4, 0.5) is 23.0 Å². The first-order valence-electron chi connectivity index (χ1n) is 12.5. The van der Waals surface area contributed by atoms with Crippen molar-refractivity contribution in [3.8, 4) is 5.75 Å². The van der Waals surface area contributed by atoms with Crippen LogP contribution in [0.15, 0.2) is 76.6 Å². The van der Waals surface area contributed by atoms with Gasteiger partial charge < -0.3 is 25.5 Å². The monoisotopic (exact) mass is 512 g/mol. The SMILES string of the molecule is CCC(Nc1c(Nc2cccc(C(=O)N3CCN(c4ncccn4)CC3)c2O)c(=O)c1=O)c1ccccc1. The van der Waals surface area contributed by atoms with Crippen LogP contribution in [0, 0.1) is 0 Å². The molecule has 3 aromatic carbocycles. The molecule has 5 rings (SSSR count). The molecule has 1 atom stereocenters. The number of carbonyl (C=O) groups is 1. The predicted octanol–water partition coefficient (Wildman–Crippen LogP) is 3.05. The molecule has 3 N–H and O–H groups in total. The molecule has 1 aliphatic heterocycles. The zero-order valence-electron chi connectivity index (χ0n) is 20.9. The van der Waals surface area contributed by atoms with Gasteiger partial charge in [0.1, 0.15) is 11.4 Å². The van der Waals surface area contributed by atoms with Gasteiger partial charge in [0.15, 0.2) is 5.75 Å². The lowest BCUT2D eigenvalue weighted by Crippen LogP contribution is -2.49. The maximum Gasteiger partial charge on any atom is 0.257 e. The van der Waals surface area contributed by atoms with Gasteiger partial charge in [-0.3, -0.25) is 14.4 Å². The number of para-hydroxylation sites is 1. The fraction of sp³-hybridized carbons (Fsp3) is 0.250. The van der Waals surface area contributed by atoms with E-state index in [9.17, 15) is 19.5 Å². The number of rotatable bonds is 8. The van der Waals surface area contributed by atoms with Gasteiger partial charge in [0, 0.05) is 38.6 Å². The first kappa shape index (κ1) is 24.9. The molecule has 0 bridgehead atoms. The summed E-state index contributed by atoms with van der Waals surface area (Å²) in [4.78, 5) is 50.2. The molecule has 0 saturated carbocycles. The molecule has 4 aromatic rings. The van der Waals surface area contributed by atoms with E-state index in [2.05, 4.69) is 20.6 Å². The van der Waals surface area contributed by atoms with Crippen LogP contribution in [0.3, 0.4) is 0 Å². The van der Waals surface area contributed by atoms with Crippen molar-refractivity contribution >= 4 is 28.9 Å². The van der Waals surface area contributed by atoms with Crippen molar-refractivity contribution in [2.75, 3.05) is 41.7 Å². The fourth-order valence-electron chi connectivity index (χ4n) is 4.62. The Morgan fingerprint density at radius 1 is 0.921 bits per heavy atom. The number of aromatic nitrogens is 2. The first-order chi connectivity index (χ1) is 18.5. The van der Waals surface area contributed by atoms with Crippen molar-refractivity contribution in [2.45, 2.75) is 19.4 Å². The Kier molecular flexibility index (Phi) is 7.03. The van der Waals surface area contributed by atoms with Crippen LogP contribution in [-0.2, 0) is 0 Å². The van der Waals surface area contributed by atoms with Crippen molar-refractivity contribution in [1.29, 1.82) is 0 Å². The Hall–Kier alpha value is -4.73. The van der Waals surface area contributed by atoms with Crippen molar-refractivity contribution in [2.24, 2.45) is 0 Å². The van der Waals surface area contributed by atoms with Crippen LogP contribution in [-0.4, -0.2) is 52.1 Å². The maximum atomic E-state index is 13.3. The lowest BCUT2D eigenvalue weighted by molar-refractivity contribution is 0.0743. The summed E-state index contributed by atoms with van der Waals surface area (Å²) in [5.41, 5.74) is 0.225. The van der Waals surface area contributed by atoms with Gasteiger partial charge in [-0.25, -0.2) is 9.97 Å². The molecule has 1 aliphatic rings. The van der Waals surface area contributed by atoms with E-state index in [0.29, 0.717) is 38.5 Å². The summed E-state index contributed by atoms with van der Waals surface area (Å²) in [6.45, 7) is 3.99. The van der Waals surface area contributed by atoms with Gasteiger partial charge in [-0.2, -0.15) is 0 Å². The molecule has 10 nitrogen and oxygen atoms in total. The van der Waals surface area contributed by atoms with Crippen molar-refractivity contribution in [1.82, 2.24) is 14.9 Å². The second-order valence-corrected chi connectivity index (χ2v) is 9.08. The van der Waals surface area contributed by atoms with Gasteiger partial charge >= 0.3 is 0 Å². The predicted molar refractivity (Wildman–Crippen MR) is 146 cm³/mol. The summed E-state index contributed by atoms with van der Waals surface area (Å²) >= 11 is 0. The molecule has 0 spiro atoms. The molecule has 1 amide bonds. The molecule has 1 aromatic heterocycles. The number of phenols is 1. The minimum atomic E-state index is -0.675. The average molecular weight is 513 g/mol. The van der Waals surface area contributed by atoms with Gasteiger partial charge in [-0.05, 0) is 30.2 Å². The van der Waals surface area contributed by atoms with E-state index in [1.807, 2.05) is 42.2 Å². The molecule has 2 heterocycles. The highest BCUT2D eigenvalue weighted by atomic mass is 16.3. The van der Waals surface area contributed by atoms with E-state index in [-0.39, 0.29) is 40.3 Å². The number of aromatic hydroxyl groups is 1.